The van der Waals surface area contributed by atoms with E-state index in [9.17, 15) is 9.00 Å². The molecular weight excluding hydrogens is 462 g/mol. The van der Waals surface area contributed by atoms with Gasteiger partial charge in [0.15, 0.2) is 0 Å². The number of carbonyl (C=O) groups is 1. The molecule has 0 N–H and O–H groups in total. The van der Waals surface area contributed by atoms with Crippen LogP contribution in [0.25, 0.3) is 0 Å². The lowest BCUT2D eigenvalue weighted by molar-refractivity contribution is -0.135. The van der Waals surface area contributed by atoms with Gasteiger partial charge in [-0.15, -0.1) is 0 Å². The third-order valence-corrected chi connectivity index (χ3v) is 9.28. The molecular formula is C27H45N3O4S. The van der Waals surface area contributed by atoms with Crippen LogP contribution in [0.1, 0.15) is 49.7 Å². The van der Waals surface area contributed by atoms with Crippen molar-refractivity contribution in [1.29, 1.82) is 0 Å². The molecule has 35 heavy (non-hydrogen) atoms. The predicted molar refractivity (Wildman–Crippen MR) is 141 cm³/mol. The van der Waals surface area contributed by atoms with Gasteiger partial charge < -0.3 is 19.3 Å². The van der Waals surface area contributed by atoms with Crippen molar-refractivity contribution < 1.29 is 18.5 Å². The molecule has 0 radical (unpaired) electrons. The minimum Gasteiger partial charge on any atom is -0.497 e. The van der Waals surface area contributed by atoms with Crippen LogP contribution in [-0.4, -0.2) is 91.4 Å². The summed E-state index contributed by atoms with van der Waals surface area (Å²) in [6.45, 7) is 9.45. The highest BCUT2D eigenvalue weighted by Crippen LogP contribution is 2.30. The van der Waals surface area contributed by atoms with Gasteiger partial charge >= 0.3 is 0 Å². The summed E-state index contributed by atoms with van der Waals surface area (Å²) < 4.78 is 25.7. The van der Waals surface area contributed by atoms with Crippen molar-refractivity contribution in [3.8, 4) is 5.75 Å². The largest absolute Gasteiger partial charge is 0.497 e. The Kier molecular flexibility index (Phi) is 11.0. The number of hydrogen-bond acceptors (Lipinski definition) is 5. The van der Waals surface area contributed by atoms with Gasteiger partial charge in [0.1, 0.15) is 23.3 Å². The van der Waals surface area contributed by atoms with Crippen LogP contribution in [0, 0.1) is 25.7 Å². The summed E-state index contributed by atoms with van der Waals surface area (Å²) in [4.78, 5) is 17.8. The van der Waals surface area contributed by atoms with E-state index in [1.807, 2.05) is 45.0 Å². The monoisotopic (exact) mass is 507 g/mol. The van der Waals surface area contributed by atoms with E-state index in [0.29, 0.717) is 19.1 Å². The maximum Gasteiger partial charge on any atom is 0.248 e. The molecule has 198 valence electrons. The van der Waals surface area contributed by atoms with Gasteiger partial charge in [0.2, 0.25) is 5.91 Å². The normalized spacial score (nSPS) is 21.9. The number of aryl methyl sites for hydroxylation is 2. The number of amides is 1. The van der Waals surface area contributed by atoms with E-state index in [4.69, 9.17) is 9.47 Å². The Hall–Kier alpha value is -1.48. The number of ether oxygens (including phenoxy) is 2. The number of nitrogens with zero attached hydrogens (tertiary/aromatic N) is 3. The van der Waals surface area contributed by atoms with Crippen LogP contribution in [-0.2, 0) is 20.5 Å². The molecule has 1 heterocycles. The van der Waals surface area contributed by atoms with Gasteiger partial charge in [0.25, 0.3) is 0 Å². The summed E-state index contributed by atoms with van der Waals surface area (Å²) in [5, 5.41) is 0. The predicted octanol–water partition coefficient (Wildman–Crippen LogP) is 3.64. The van der Waals surface area contributed by atoms with Crippen molar-refractivity contribution in [2.24, 2.45) is 11.8 Å². The van der Waals surface area contributed by atoms with Crippen molar-refractivity contribution in [2.75, 3.05) is 67.1 Å². The fourth-order valence-corrected chi connectivity index (χ4v) is 6.64. The molecule has 0 aromatic heterocycles. The Morgan fingerprint density at radius 3 is 2.26 bits per heavy atom. The lowest BCUT2D eigenvalue weighted by atomic mass is 9.81. The topological polar surface area (TPSA) is 62.3 Å². The highest BCUT2D eigenvalue weighted by Gasteiger charge is 2.26. The van der Waals surface area contributed by atoms with Crippen molar-refractivity contribution in [2.45, 2.75) is 57.3 Å². The highest BCUT2D eigenvalue weighted by atomic mass is 32.2. The van der Waals surface area contributed by atoms with Crippen LogP contribution in [0.3, 0.4) is 0 Å². The second kappa shape index (κ2) is 13.7. The molecule has 1 atom stereocenters. The van der Waals surface area contributed by atoms with Gasteiger partial charge in [-0.05, 0) is 101 Å². The Bertz CT molecular complexity index is 828. The third-order valence-electron chi connectivity index (χ3n) is 7.54. The summed E-state index contributed by atoms with van der Waals surface area (Å²) in [6, 6.07) is 3.80. The van der Waals surface area contributed by atoms with Crippen molar-refractivity contribution in [3.63, 3.8) is 0 Å². The molecule has 7 nitrogen and oxygen atoms in total. The second-order valence-electron chi connectivity index (χ2n) is 10.4. The molecule has 2 fully saturated rings. The molecule has 1 aromatic rings. The SMILES string of the molecule is COc1cc(C)c(S(=O)N(C)CCOCC(=O)N(C)CC2CCC(CN3CCCC3)CC2)c(C)c1. The Balaban J connectivity index is 1.33. The first-order valence-electron chi connectivity index (χ1n) is 13.1. The van der Waals surface area contributed by atoms with E-state index in [0.717, 1.165) is 34.2 Å². The Labute approximate surface area is 214 Å². The van der Waals surface area contributed by atoms with Crippen molar-refractivity contribution in [1.82, 2.24) is 14.1 Å². The number of methoxy groups -OCH3 is 1. The summed E-state index contributed by atoms with van der Waals surface area (Å²) in [7, 11) is 4.04. The highest BCUT2D eigenvalue weighted by molar-refractivity contribution is 7.82. The summed E-state index contributed by atoms with van der Waals surface area (Å²) in [5.74, 6) is 2.23. The van der Waals surface area contributed by atoms with Crippen LogP contribution >= 0.6 is 0 Å². The molecule has 1 saturated heterocycles. The third kappa shape index (κ3) is 8.27. The van der Waals surface area contributed by atoms with Crippen LogP contribution in [0.4, 0.5) is 0 Å². The zero-order chi connectivity index (χ0) is 25.4. The molecule has 2 aliphatic rings. The first-order chi connectivity index (χ1) is 16.8. The zero-order valence-electron chi connectivity index (χ0n) is 22.4. The van der Waals surface area contributed by atoms with Crippen molar-refractivity contribution in [3.05, 3.63) is 23.3 Å². The first-order valence-corrected chi connectivity index (χ1v) is 14.2. The molecule has 0 bridgehead atoms. The van der Waals surface area contributed by atoms with Gasteiger partial charge in [-0.3, -0.25) is 4.79 Å². The van der Waals surface area contributed by atoms with E-state index in [2.05, 4.69) is 4.90 Å². The summed E-state index contributed by atoms with van der Waals surface area (Å²) in [5.41, 5.74) is 1.88. The fraction of sp³-hybridized carbons (Fsp3) is 0.741. The zero-order valence-corrected chi connectivity index (χ0v) is 23.2. The number of likely N-dealkylation sites (tertiary alicyclic amines) is 1. The van der Waals surface area contributed by atoms with Gasteiger partial charge in [-0.1, -0.05) is 0 Å². The maximum atomic E-state index is 13.0. The lowest BCUT2D eigenvalue weighted by Gasteiger charge is -2.33. The number of likely N-dealkylation sites (N-methyl/N-ethyl adjacent to an activating group) is 2. The van der Waals surface area contributed by atoms with Crippen molar-refractivity contribution >= 4 is 16.9 Å². The van der Waals surface area contributed by atoms with E-state index in [-0.39, 0.29) is 12.5 Å². The molecule has 1 amide bonds. The van der Waals surface area contributed by atoms with Gasteiger partial charge in [-0.2, -0.15) is 0 Å². The minimum absolute atomic E-state index is 0.0230. The number of rotatable bonds is 12. The molecule has 1 saturated carbocycles. The average molecular weight is 508 g/mol. The smallest absolute Gasteiger partial charge is 0.248 e. The first kappa shape index (κ1) is 28.1. The number of carbonyl (C=O) groups excluding carboxylic acids is 1. The molecule has 1 aliphatic carbocycles. The molecule has 3 rings (SSSR count). The second-order valence-corrected chi connectivity index (χ2v) is 11.9. The lowest BCUT2D eigenvalue weighted by Crippen LogP contribution is -2.37. The quantitative estimate of drug-likeness (QED) is 0.404. The average Bonchev–Trinajstić information content (AvgIpc) is 3.35. The van der Waals surface area contributed by atoms with E-state index in [1.54, 1.807) is 11.4 Å². The van der Waals surface area contributed by atoms with Crippen LogP contribution in [0.5, 0.6) is 5.75 Å². The van der Waals surface area contributed by atoms with E-state index in [1.165, 1.54) is 58.2 Å². The Morgan fingerprint density at radius 1 is 1.06 bits per heavy atom. The standard InChI is InChI=1S/C27H45N3O4S/c1-21-16-25(33-5)17-22(2)27(21)35(32)29(4)14-15-34-20-26(31)28(3)18-23-8-10-24(11-9-23)19-30-12-6-7-13-30/h16-17,23-24H,6-15,18-20H2,1-5H3. The minimum atomic E-state index is -1.30. The van der Waals surface area contributed by atoms with Gasteiger partial charge in [0.05, 0.1) is 18.6 Å². The molecule has 1 aromatic carbocycles. The van der Waals surface area contributed by atoms with Gasteiger partial charge in [0, 0.05) is 33.7 Å². The maximum absolute atomic E-state index is 13.0. The summed E-state index contributed by atoms with van der Waals surface area (Å²) in [6.07, 6.45) is 7.74. The Morgan fingerprint density at radius 2 is 1.66 bits per heavy atom. The van der Waals surface area contributed by atoms with Crippen LogP contribution in [0.2, 0.25) is 0 Å². The molecule has 0 spiro atoms. The number of benzene rings is 1. The summed E-state index contributed by atoms with van der Waals surface area (Å²) >= 11 is 0. The van der Waals surface area contributed by atoms with E-state index >= 15 is 0 Å². The molecule has 1 aliphatic heterocycles. The van der Waals surface area contributed by atoms with Gasteiger partial charge in [-0.25, -0.2) is 8.51 Å². The molecule has 1 unspecified atom stereocenters. The fourth-order valence-electron chi connectivity index (χ4n) is 5.42. The number of hydrogen-bond donors (Lipinski definition) is 0. The van der Waals surface area contributed by atoms with Crippen LogP contribution in [0.15, 0.2) is 17.0 Å². The van der Waals surface area contributed by atoms with E-state index < -0.39 is 11.0 Å². The van der Waals surface area contributed by atoms with Crippen LogP contribution < -0.4 is 4.74 Å². The molecule has 8 heteroatoms.